The SMILES string of the molecule is CN=NC(CCCCNC(=O)CCCS(=O)(=O)NC(=O)CCCCCCCCCCCCCCCNS(=O)(=O)c1cccc(B(O)O)c1)C(=O)O. The van der Waals surface area contributed by atoms with E-state index in [1.165, 1.54) is 31.3 Å². The van der Waals surface area contributed by atoms with Crippen LogP contribution in [0.1, 0.15) is 122 Å². The number of aliphatic carboxylic acids is 1. The summed E-state index contributed by atoms with van der Waals surface area (Å²) in [5.74, 6) is -2.21. The van der Waals surface area contributed by atoms with Gasteiger partial charge in [0.1, 0.15) is 0 Å². The van der Waals surface area contributed by atoms with Crippen molar-refractivity contribution in [2.24, 2.45) is 10.2 Å². The van der Waals surface area contributed by atoms with Gasteiger partial charge < -0.3 is 20.5 Å². The van der Waals surface area contributed by atoms with E-state index in [9.17, 15) is 41.3 Å². The highest BCUT2D eigenvalue weighted by Crippen LogP contribution is 2.14. The van der Waals surface area contributed by atoms with Gasteiger partial charge in [0, 0.05) is 33.0 Å². The molecule has 51 heavy (non-hydrogen) atoms. The summed E-state index contributed by atoms with van der Waals surface area (Å²) < 4.78 is 53.8. The maximum absolute atomic E-state index is 12.4. The number of hydrogen-bond donors (Lipinski definition) is 6. The van der Waals surface area contributed by atoms with Gasteiger partial charge in [0.15, 0.2) is 6.04 Å². The molecule has 0 spiro atoms. The number of carbonyl (C=O) groups is 3. The maximum atomic E-state index is 12.4. The third kappa shape index (κ3) is 23.3. The number of nitrogens with one attached hydrogen (secondary N) is 3. The zero-order chi connectivity index (χ0) is 38.0. The lowest BCUT2D eigenvalue weighted by Crippen LogP contribution is -2.33. The van der Waals surface area contributed by atoms with Crippen molar-refractivity contribution in [1.29, 1.82) is 0 Å². The second kappa shape index (κ2) is 26.8. The van der Waals surface area contributed by atoms with Crippen LogP contribution in [0.25, 0.3) is 0 Å². The monoisotopic (exact) mass is 759 g/mol. The molecule has 0 radical (unpaired) electrons. The van der Waals surface area contributed by atoms with Gasteiger partial charge in [0.25, 0.3) is 0 Å². The van der Waals surface area contributed by atoms with Crippen molar-refractivity contribution in [3.8, 4) is 0 Å². The Labute approximate surface area is 304 Å². The van der Waals surface area contributed by atoms with Crippen molar-refractivity contribution in [3.05, 3.63) is 24.3 Å². The number of sulfonamides is 2. The normalized spacial score (nSPS) is 12.5. The van der Waals surface area contributed by atoms with Gasteiger partial charge >= 0.3 is 13.1 Å². The molecule has 0 aliphatic carbocycles. The summed E-state index contributed by atoms with van der Waals surface area (Å²) in [5, 5.41) is 37.3. The van der Waals surface area contributed by atoms with Crippen LogP contribution in [0.4, 0.5) is 0 Å². The van der Waals surface area contributed by atoms with Gasteiger partial charge in [0.2, 0.25) is 31.9 Å². The average Bonchev–Trinajstić information content (AvgIpc) is 3.07. The third-order valence-electron chi connectivity index (χ3n) is 8.19. The molecule has 0 fully saturated rings. The van der Waals surface area contributed by atoms with Crippen LogP contribution in [-0.4, -0.2) is 88.8 Å². The Balaban J connectivity index is 1.96. The van der Waals surface area contributed by atoms with E-state index in [2.05, 4.69) is 25.0 Å². The molecule has 6 N–H and O–H groups in total. The van der Waals surface area contributed by atoms with Crippen molar-refractivity contribution in [2.75, 3.05) is 25.9 Å². The van der Waals surface area contributed by atoms with Crippen LogP contribution in [0, 0.1) is 0 Å². The van der Waals surface area contributed by atoms with Crippen LogP contribution in [0.5, 0.6) is 0 Å². The molecule has 0 heterocycles. The summed E-state index contributed by atoms with van der Waals surface area (Å²) in [6.45, 7) is 0.677. The van der Waals surface area contributed by atoms with Gasteiger partial charge in [0.05, 0.1) is 10.6 Å². The van der Waals surface area contributed by atoms with Crippen LogP contribution in [0.2, 0.25) is 0 Å². The van der Waals surface area contributed by atoms with Gasteiger partial charge in [-0.05, 0) is 56.1 Å². The van der Waals surface area contributed by atoms with Gasteiger partial charge in [-0.1, -0.05) is 82.8 Å². The quantitative estimate of drug-likeness (QED) is 0.0367. The van der Waals surface area contributed by atoms with Gasteiger partial charge in [-0.15, -0.1) is 0 Å². The predicted octanol–water partition coefficient (Wildman–Crippen LogP) is 3.15. The van der Waals surface area contributed by atoms with Crippen LogP contribution in [-0.2, 0) is 34.4 Å². The van der Waals surface area contributed by atoms with E-state index in [-0.39, 0.29) is 41.3 Å². The Morgan fingerprint density at radius 2 is 1.29 bits per heavy atom. The molecule has 0 bridgehead atoms. The Kier molecular flexibility index (Phi) is 24.2. The Morgan fingerprint density at radius 1 is 0.745 bits per heavy atom. The number of hydrogen-bond acceptors (Lipinski definition) is 11. The number of carboxylic acids is 1. The molecule has 1 rings (SSSR count). The fourth-order valence-corrected chi connectivity index (χ4v) is 7.54. The number of unbranched alkanes of at least 4 members (excludes halogenated alkanes) is 13. The van der Waals surface area contributed by atoms with E-state index < -0.39 is 45.1 Å². The van der Waals surface area contributed by atoms with E-state index in [0.717, 1.165) is 77.0 Å². The van der Waals surface area contributed by atoms with Crippen molar-refractivity contribution in [1.82, 2.24) is 14.8 Å². The van der Waals surface area contributed by atoms with Gasteiger partial charge in [-0.3, -0.25) is 14.3 Å². The zero-order valence-electron chi connectivity index (χ0n) is 29.9. The Hall–Kier alpha value is -2.93. The smallest absolute Gasteiger partial charge is 0.480 e. The molecule has 15 nitrogen and oxygen atoms in total. The molecule has 1 aromatic rings. The lowest BCUT2D eigenvalue weighted by Gasteiger charge is -2.08. The number of azo groups is 1. The third-order valence-corrected chi connectivity index (χ3v) is 11.0. The van der Waals surface area contributed by atoms with Crippen molar-refractivity contribution in [3.63, 3.8) is 0 Å². The highest BCUT2D eigenvalue weighted by Gasteiger charge is 2.18. The molecule has 0 saturated carbocycles. The molecule has 0 aliphatic heterocycles. The molecule has 290 valence electrons. The summed E-state index contributed by atoms with van der Waals surface area (Å²) in [5.41, 5.74) is 0.125. The maximum Gasteiger partial charge on any atom is 0.488 e. The number of amides is 2. The first-order valence-corrected chi connectivity index (χ1v) is 21.2. The fourth-order valence-electron chi connectivity index (χ4n) is 5.33. The standard InChI is InChI=1S/C33H58BN5O10S2/c1-35-38-30(33(42)43)21-14-16-24-36-31(40)23-18-26-50(46,47)39-32(41)22-13-11-9-7-5-3-2-4-6-8-10-12-15-25-37-51(48,49)29-20-17-19-28(27-29)34(44)45/h17,19-20,27,30,37,44-45H,2-16,18,21-26H2,1H3,(H,36,40)(H,39,41)(H,42,43). The van der Waals surface area contributed by atoms with Crippen molar-refractivity contribution < 1.29 is 46.4 Å². The average molecular weight is 760 g/mol. The second-order valence-corrected chi connectivity index (χ2v) is 16.3. The summed E-state index contributed by atoms with van der Waals surface area (Å²) in [6, 6.07) is 4.70. The highest BCUT2D eigenvalue weighted by molar-refractivity contribution is 7.90. The molecule has 0 aliphatic rings. The molecule has 0 saturated heterocycles. The molecule has 1 aromatic carbocycles. The Bertz CT molecular complexity index is 1410. The number of benzene rings is 1. The minimum absolute atomic E-state index is 0.00372. The zero-order valence-corrected chi connectivity index (χ0v) is 31.6. The van der Waals surface area contributed by atoms with E-state index >= 15 is 0 Å². The molecule has 1 unspecified atom stereocenters. The summed E-state index contributed by atoms with van der Waals surface area (Å²) >= 11 is 0. The predicted molar refractivity (Wildman–Crippen MR) is 196 cm³/mol. The van der Waals surface area contributed by atoms with Crippen LogP contribution >= 0.6 is 0 Å². The van der Waals surface area contributed by atoms with E-state index in [1.54, 1.807) is 0 Å². The van der Waals surface area contributed by atoms with E-state index in [0.29, 0.717) is 38.8 Å². The number of carboxylic acid groups (broad SMARTS) is 1. The van der Waals surface area contributed by atoms with E-state index in [4.69, 9.17) is 5.11 Å². The number of carbonyl (C=O) groups excluding carboxylic acids is 2. The first kappa shape index (κ1) is 46.1. The van der Waals surface area contributed by atoms with E-state index in [1.807, 2.05) is 0 Å². The van der Waals surface area contributed by atoms with Gasteiger partial charge in [-0.25, -0.2) is 26.4 Å². The van der Waals surface area contributed by atoms with Gasteiger partial charge in [-0.2, -0.15) is 10.2 Å². The molecule has 1 atom stereocenters. The summed E-state index contributed by atoms with van der Waals surface area (Å²) in [7, 11) is -7.82. The Morgan fingerprint density at radius 3 is 1.86 bits per heavy atom. The molecule has 2 amide bonds. The first-order chi connectivity index (χ1) is 24.3. The molecule has 18 heteroatoms. The molecular weight excluding hydrogens is 701 g/mol. The number of rotatable bonds is 31. The first-order valence-electron chi connectivity index (χ1n) is 18.0. The fraction of sp³-hybridized carbons (Fsp3) is 0.727. The summed E-state index contributed by atoms with van der Waals surface area (Å²) in [4.78, 5) is 35.1. The highest BCUT2D eigenvalue weighted by atomic mass is 32.2. The van der Waals surface area contributed by atoms with Crippen molar-refractivity contribution in [2.45, 2.75) is 133 Å². The van der Waals surface area contributed by atoms with Crippen LogP contribution in [0.15, 0.2) is 39.4 Å². The van der Waals surface area contributed by atoms with Crippen molar-refractivity contribution >= 4 is 50.4 Å². The molecular formula is C33H58BN5O10S2. The van der Waals surface area contributed by atoms with Crippen LogP contribution in [0.3, 0.4) is 0 Å². The topological polar surface area (TPSA) is 241 Å². The summed E-state index contributed by atoms with van der Waals surface area (Å²) in [6.07, 6.45) is 14.7. The minimum Gasteiger partial charge on any atom is -0.480 e. The lowest BCUT2D eigenvalue weighted by atomic mass is 9.80. The van der Waals surface area contributed by atoms with Crippen LogP contribution < -0.4 is 20.2 Å². The number of nitrogens with zero attached hydrogens (tertiary/aromatic N) is 2. The molecule has 0 aromatic heterocycles. The lowest BCUT2D eigenvalue weighted by molar-refractivity contribution is -0.138. The minimum atomic E-state index is -3.81. The largest absolute Gasteiger partial charge is 0.488 e. The second-order valence-electron chi connectivity index (χ2n) is 12.7.